The van der Waals surface area contributed by atoms with E-state index in [1.807, 2.05) is 0 Å². The third-order valence-corrected chi connectivity index (χ3v) is 2.99. The van der Waals surface area contributed by atoms with Crippen LogP contribution < -0.4 is 11.1 Å². The van der Waals surface area contributed by atoms with Crippen molar-refractivity contribution in [1.82, 2.24) is 5.32 Å². The Balaban J connectivity index is 2.66. The summed E-state index contributed by atoms with van der Waals surface area (Å²) in [6.45, 7) is 1.84. The van der Waals surface area contributed by atoms with E-state index < -0.39 is 47.4 Å². The molecule has 6 nitrogen and oxygen atoms in total. The van der Waals surface area contributed by atoms with Gasteiger partial charge in [0, 0.05) is 11.6 Å². The molecule has 2 amide bonds. The monoisotopic (exact) mass is 340 g/mol. The van der Waals surface area contributed by atoms with E-state index in [9.17, 15) is 23.2 Å². The molecule has 0 aliphatic carbocycles. The van der Waals surface area contributed by atoms with E-state index in [1.54, 1.807) is 6.92 Å². The number of carbonyl (C=O) groups is 3. The van der Waals surface area contributed by atoms with E-state index in [0.717, 1.165) is 18.2 Å². The molecule has 0 saturated heterocycles. The molecule has 0 unspecified atom stereocenters. The molecule has 3 N–H and O–H groups in total. The SMILES string of the molecule is CCOC(=O)/C=C/C[C@H](NC(=O)Cc1c(F)cccc1F)C(N)=O. The number of primary amides is 1. The first-order valence-electron chi connectivity index (χ1n) is 7.20. The van der Waals surface area contributed by atoms with E-state index >= 15 is 0 Å². The summed E-state index contributed by atoms with van der Waals surface area (Å²) in [6, 6.07) is 2.12. The lowest BCUT2D eigenvalue weighted by molar-refractivity contribution is -0.137. The molecule has 0 fully saturated rings. The Bertz CT molecular complexity index is 627. The van der Waals surface area contributed by atoms with Gasteiger partial charge < -0.3 is 15.8 Å². The zero-order chi connectivity index (χ0) is 18.1. The summed E-state index contributed by atoms with van der Waals surface area (Å²) >= 11 is 0. The smallest absolute Gasteiger partial charge is 0.330 e. The standard InChI is InChI=1S/C16H18F2N2O4/c1-2-24-15(22)8-4-7-13(16(19)23)20-14(21)9-10-11(17)5-3-6-12(10)18/h3-6,8,13H,2,7,9H2,1H3,(H2,19,23)(H,20,21)/b8-4+/t13-/m0/s1. The van der Waals surface area contributed by atoms with Crippen molar-refractivity contribution in [1.29, 1.82) is 0 Å². The summed E-state index contributed by atoms with van der Waals surface area (Å²) in [7, 11) is 0. The van der Waals surface area contributed by atoms with Crippen molar-refractivity contribution in [2.24, 2.45) is 5.73 Å². The number of carbonyl (C=O) groups excluding carboxylic acids is 3. The minimum absolute atomic E-state index is 0.0559. The maximum atomic E-state index is 13.5. The van der Waals surface area contributed by atoms with Crippen LogP contribution in [0.2, 0.25) is 0 Å². The fourth-order valence-electron chi connectivity index (χ4n) is 1.84. The first kappa shape index (κ1) is 19.3. The van der Waals surface area contributed by atoms with Crippen LogP contribution in [0.15, 0.2) is 30.4 Å². The fourth-order valence-corrected chi connectivity index (χ4v) is 1.84. The average molecular weight is 340 g/mol. The second-order valence-corrected chi connectivity index (χ2v) is 4.79. The molecule has 130 valence electrons. The number of amides is 2. The molecule has 0 bridgehead atoms. The second-order valence-electron chi connectivity index (χ2n) is 4.79. The maximum Gasteiger partial charge on any atom is 0.330 e. The van der Waals surface area contributed by atoms with Gasteiger partial charge in [-0.1, -0.05) is 12.1 Å². The Morgan fingerprint density at radius 2 is 1.92 bits per heavy atom. The minimum Gasteiger partial charge on any atom is -0.463 e. The highest BCUT2D eigenvalue weighted by molar-refractivity contribution is 5.88. The van der Waals surface area contributed by atoms with Gasteiger partial charge in [-0.15, -0.1) is 0 Å². The van der Waals surface area contributed by atoms with Crippen LogP contribution in [0.25, 0.3) is 0 Å². The van der Waals surface area contributed by atoms with Gasteiger partial charge in [0.15, 0.2) is 0 Å². The number of nitrogens with two attached hydrogens (primary N) is 1. The number of benzene rings is 1. The first-order valence-corrected chi connectivity index (χ1v) is 7.20. The minimum atomic E-state index is -1.11. The van der Waals surface area contributed by atoms with Gasteiger partial charge in [0.25, 0.3) is 0 Å². The predicted molar refractivity (Wildman–Crippen MR) is 81.6 cm³/mol. The molecular weight excluding hydrogens is 322 g/mol. The highest BCUT2D eigenvalue weighted by atomic mass is 19.1. The molecule has 0 heterocycles. The third-order valence-electron chi connectivity index (χ3n) is 2.99. The van der Waals surface area contributed by atoms with Crippen molar-refractivity contribution in [3.05, 3.63) is 47.5 Å². The highest BCUT2D eigenvalue weighted by Crippen LogP contribution is 2.12. The zero-order valence-electron chi connectivity index (χ0n) is 13.1. The van der Waals surface area contributed by atoms with Crippen molar-refractivity contribution in [3.8, 4) is 0 Å². The molecule has 1 rings (SSSR count). The summed E-state index contributed by atoms with van der Waals surface area (Å²) < 4.78 is 31.7. The molecular formula is C16H18F2N2O4. The summed E-state index contributed by atoms with van der Waals surface area (Å²) in [5.74, 6) is -3.93. The quantitative estimate of drug-likeness (QED) is 0.544. The molecule has 0 saturated carbocycles. The van der Waals surface area contributed by atoms with Crippen LogP contribution in [0.4, 0.5) is 8.78 Å². The summed E-state index contributed by atoms with van der Waals surface area (Å²) in [4.78, 5) is 34.3. The molecule has 8 heteroatoms. The number of halogens is 2. The lowest BCUT2D eigenvalue weighted by Gasteiger charge is -2.14. The Kier molecular flexibility index (Phi) is 7.54. The molecule has 0 aliphatic heterocycles. The van der Waals surface area contributed by atoms with Crippen LogP contribution in [0.1, 0.15) is 18.9 Å². The van der Waals surface area contributed by atoms with Crippen molar-refractivity contribution in [2.75, 3.05) is 6.61 Å². The van der Waals surface area contributed by atoms with Gasteiger partial charge in [-0.3, -0.25) is 9.59 Å². The van der Waals surface area contributed by atoms with E-state index in [4.69, 9.17) is 5.73 Å². The largest absolute Gasteiger partial charge is 0.463 e. The number of nitrogens with one attached hydrogen (secondary N) is 1. The van der Waals surface area contributed by atoms with Crippen LogP contribution in [-0.2, 0) is 25.5 Å². The molecule has 24 heavy (non-hydrogen) atoms. The van der Waals surface area contributed by atoms with Gasteiger partial charge in [-0.05, 0) is 25.5 Å². The van der Waals surface area contributed by atoms with E-state index in [1.165, 1.54) is 12.1 Å². The predicted octanol–water partition coefficient (Wildman–Crippen LogP) is 0.987. The molecule has 0 radical (unpaired) electrons. The second kappa shape index (κ2) is 9.39. The number of ether oxygens (including phenoxy) is 1. The van der Waals surface area contributed by atoms with E-state index in [2.05, 4.69) is 10.1 Å². The Morgan fingerprint density at radius 3 is 2.46 bits per heavy atom. The highest BCUT2D eigenvalue weighted by Gasteiger charge is 2.19. The van der Waals surface area contributed by atoms with Gasteiger partial charge in [-0.25, -0.2) is 13.6 Å². The van der Waals surface area contributed by atoms with E-state index in [-0.39, 0.29) is 13.0 Å². The maximum absolute atomic E-state index is 13.5. The van der Waals surface area contributed by atoms with E-state index in [0.29, 0.717) is 0 Å². The van der Waals surface area contributed by atoms with Gasteiger partial charge in [0.05, 0.1) is 13.0 Å². The molecule has 0 spiro atoms. The Morgan fingerprint density at radius 1 is 1.29 bits per heavy atom. The third kappa shape index (κ3) is 6.15. The molecule has 0 aromatic heterocycles. The van der Waals surface area contributed by atoms with Gasteiger partial charge in [-0.2, -0.15) is 0 Å². The van der Waals surface area contributed by atoms with Crippen LogP contribution >= 0.6 is 0 Å². The lowest BCUT2D eigenvalue weighted by atomic mass is 10.1. The summed E-state index contributed by atoms with van der Waals surface area (Å²) in [5.41, 5.74) is 4.76. The number of esters is 1. The van der Waals surface area contributed by atoms with Gasteiger partial charge >= 0.3 is 5.97 Å². The number of hydrogen-bond donors (Lipinski definition) is 2. The van der Waals surface area contributed by atoms with Crippen molar-refractivity contribution in [2.45, 2.75) is 25.8 Å². The summed E-state index contributed by atoms with van der Waals surface area (Å²) in [5, 5.41) is 2.27. The lowest BCUT2D eigenvalue weighted by Crippen LogP contribution is -2.44. The van der Waals surface area contributed by atoms with Crippen molar-refractivity contribution >= 4 is 17.8 Å². The first-order chi connectivity index (χ1) is 11.3. The van der Waals surface area contributed by atoms with Crippen molar-refractivity contribution in [3.63, 3.8) is 0 Å². The van der Waals surface area contributed by atoms with Gasteiger partial charge in [0.1, 0.15) is 17.7 Å². The molecule has 1 atom stereocenters. The normalized spacial score (nSPS) is 12.0. The Hall–Kier alpha value is -2.77. The topological polar surface area (TPSA) is 98.5 Å². The Labute approximate surface area is 137 Å². The van der Waals surface area contributed by atoms with Crippen LogP contribution in [-0.4, -0.2) is 30.4 Å². The fraction of sp³-hybridized carbons (Fsp3) is 0.312. The zero-order valence-corrected chi connectivity index (χ0v) is 13.1. The summed E-state index contributed by atoms with van der Waals surface area (Å²) in [6.07, 6.45) is 1.78. The van der Waals surface area contributed by atoms with Crippen molar-refractivity contribution < 1.29 is 27.9 Å². The molecule has 0 aliphatic rings. The van der Waals surface area contributed by atoms with Crippen LogP contribution in [0.3, 0.4) is 0 Å². The molecule has 1 aromatic rings. The van der Waals surface area contributed by atoms with Crippen LogP contribution in [0.5, 0.6) is 0 Å². The average Bonchev–Trinajstić information content (AvgIpc) is 2.50. The number of hydrogen-bond acceptors (Lipinski definition) is 4. The van der Waals surface area contributed by atoms with Gasteiger partial charge in [0.2, 0.25) is 11.8 Å². The number of rotatable bonds is 8. The molecule has 1 aromatic carbocycles. The van der Waals surface area contributed by atoms with Crippen LogP contribution in [0, 0.1) is 11.6 Å².